The Balaban J connectivity index is 0.00000261. The zero-order valence-electron chi connectivity index (χ0n) is 15.9. The zero-order valence-corrected chi connectivity index (χ0v) is 16.7. The van der Waals surface area contributed by atoms with Crippen LogP contribution in [0.1, 0.15) is 30.9 Å². The van der Waals surface area contributed by atoms with Crippen LogP contribution in [-0.4, -0.2) is 37.1 Å². The lowest BCUT2D eigenvalue weighted by molar-refractivity contribution is -0.139. The molecule has 0 aliphatic carbocycles. The molecule has 27 heavy (non-hydrogen) atoms. The third-order valence-electron chi connectivity index (χ3n) is 4.93. The van der Waals surface area contributed by atoms with E-state index in [1.807, 2.05) is 36.4 Å². The number of hydrogen-bond acceptors (Lipinski definition) is 3. The summed E-state index contributed by atoms with van der Waals surface area (Å²) in [6.45, 7) is 5.22. The maximum absolute atomic E-state index is 12.7. The standard InChI is InChI=1S/C23H27NO2.ClH/c1-2-24-16-15-21(20-13-7-4-8-14-20)22(18-24)23(25)26-17-9-12-19-10-5-3-6-11-19;/h3-8,10-11,13-14H,2,9,12,15-18H2,1H3;1H. The Kier molecular flexibility index (Phi) is 8.56. The van der Waals surface area contributed by atoms with Gasteiger partial charge in [0.1, 0.15) is 0 Å². The van der Waals surface area contributed by atoms with E-state index in [1.54, 1.807) is 0 Å². The number of ether oxygens (including phenoxy) is 1. The lowest BCUT2D eigenvalue weighted by Gasteiger charge is -2.29. The van der Waals surface area contributed by atoms with Gasteiger partial charge in [-0.1, -0.05) is 67.6 Å². The summed E-state index contributed by atoms with van der Waals surface area (Å²) in [5.74, 6) is -0.157. The number of halogens is 1. The summed E-state index contributed by atoms with van der Waals surface area (Å²) in [4.78, 5) is 15.0. The van der Waals surface area contributed by atoms with E-state index >= 15 is 0 Å². The molecule has 0 saturated carbocycles. The molecule has 0 atom stereocenters. The van der Waals surface area contributed by atoms with Crippen molar-refractivity contribution in [2.75, 3.05) is 26.2 Å². The Labute approximate surface area is 168 Å². The maximum atomic E-state index is 12.7. The van der Waals surface area contributed by atoms with Gasteiger partial charge in [-0.15, -0.1) is 12.4 Å². The molecule has 3 nitrogen and oxygen atoms in total. The summed E-state index contributed by atoms with van der Waals surface area (Å²) < 4.78 is 5.62. The molecule has 1 aliphatic heterocycles. The first kappa shape index (κ1) is 21.2. The van der Waals surface area contributed by atoms with E-state index in [0.717, 1.165) is 49.1 Å². The highest BCUT2D eigenvalue weighted by Crippen LogP contribution is 2.28. The van der Waals surface area contributed by atoms with Crippen molar-refractivity contribution in [2.45, 2.75) is 26.2 Å². The zero-order chi connectivity index (χ0) is 18.2. The molecule has 1 aliphatic rings. The van der Waals surface area contributed by atoms with Gasteiger partial charge in [-0.3, -0.25) is 4.90 Å². The minimum atomic E-state index is -0.157. The molecule has 1 heterocycles. The lowest BCUT2D eigenvalue weighted by atomic mass is 9.93. The molecule has 144 valence electrons. The van der Waals surface area contributed by atoms with Crippen molar-refractivity contribution in [3.8, 4) is 0 Å². The summed E-state index contributed by atoms with van der Waals surface area (Å²) >= 11 is 0. The molecule has 2 aromatic carbocycles. The van der Waals surface area contributed by atoms with E-state index in [1.165, 1.54) is 5.56 Å². The van der Waals surface area contributed by atoms with Crippen LogP contribution >= 0.6 is 12.4 Å². The highest BCUT2D eigenvalue weighted by atomic mass is 35.5. The van der Waals surface area contributed by atoms with E-state index in [0.29, 0.717) is 13.2 Å². The van der Waals surface area contributed by atoms with Crippen LogP contribution in [0.4, 0.5) is 0 Å². The number of rotatable bonds is 7. The Morgan fingerprint density at radius 1 is 1.04 bits per heavy atom. The summed E-state index contributed by atoms with van der Waals surface area (Å²) in [5, 5.41) is 0. The molecule has 0 N–H and O–H groups in total. The number of esters is 1. The lowest BCUT2D eigenvalue weighted by Crippen LogP contribution is -2.34. The molecule has 4 heteroatoms. The Bertz CT molecular complexity index is 743. The fraction of sp³-hybridized carbons (Fsp3) is 0.348. The van der Waals surface area contributed by atoms with Crippen molar-refractivity contribution in [3.63, 3.8) is 0 Å². The van der Waals surface area contributed by atoms with Crippen molar-refractivity contribution in [2.24, 2.45) is 0 Å². The van der Waals surface area contributed by atoms with Gasteiger partial charge in [0.25, 0.3) is 0 Å². The van der Waals surface area contributed by atoms with Gasteiger partial charge in [0.15, 0.2) is 0 Å². The molecule has 0 unspecified atom stereocenters. The van der Waals surface area contributed by atoms with Crippen LogP contribution in [0.5, 0.6) is 0 Å². The summed E-state index contributed by atoms with van der Waals surface area (Å²) in [5.41, 5.74) is 4.38. The molecule has 0 radical (unpaired) electrons. The molecule has 0 fully saturated rings. The van der Waals surface area contributed by atoms with Gasteiger partial charge in [0.2, 0.25) is 0 Å². The molecule has 2 aromatic rings. The van der Waals surface area contributed by atoms with Gasteiger partial charge in [0, 0.05) is 13.1 Å². The second kappa shape index (κ2) is 10.9. The molecular formula is C23H28ClNO2. The average molecular weight is 386 g/mol. The topological polar surface area (TPSA) is 29.5 Å². The van der Waals surface area contributed by atoms with Gasteiger partial charge in [-0.2, -0.15) is 0 Å². The van der Waals surface area contributed by atoms with Crippen LogP contribution in [0.2, 0.25) is 0 Å². The number of hydrogen-bond donors (Lipinski definition) is 0. The van der Waals surface area contributed by atoms with Crippen molar-refractivity contribution in [1.82, 2.24) is 4.90 Å². The van der Waals surface area contributed by atoms with E-state index in [4.69, 9.17) is 4.74 Å². The van der Waals surface area contributed by atoms with Gasteiger partial charge in [-0.05, 0) is 42.5 Å². The van der Waals surface area contributed by atoms with E-state index in [9.17, 15) is 4.79 Å². The Hall–Kier alpha value is -2.10. The van der Waals surface area contributed by atoms with Crippen molar-refractivity contribution in [3.05, 3.63) is 77.4 Å². The molecule has 3 rings (SSSR count). The van der Waals surface area contributed by atoms with Crippen molar-refractivity contribution < 1.29 is 9.53 Å². The molecule has 0 amide bonds. The fourth-order valence-electron chi connectivity index (χ4n) is 3.41. The fourth-order valence-corrected chi connectivity index (χ4v) is 3.41. The number of nitrogens with zero attached hydrogens (tertiary/aromatic N) is 1. The predicted octanol–water partition coefficient (Wildman–Crippen LogP) is 4.76. The Morgan fingerprint density at radius 2 is 1.70 bits per heavy atom. The normalized spacial score (nSPS) is 14.6. The minimum absolute atomic E-state index is 0. The maximum Gasteiger partial charge on any atom is 0.335 e. The quantitative estimate of drug-likeness (QED) is 0.508. The van der Waals surface area contributed by atoms with Crippen LogP contribution in [0, 0.1) is 0 Å². The van der Waals surface area contributed by atoms with Crippen LogP contribution < -0.4 is 0 Å². The van der Waals surface area contributed by atoms with Gasteiger partial charge >= 0.3 is 5.97 Å². The van der Waals surface area contributed by atoms with Gasteiger partial charge in [0.05, 0.1) is 12.2 Å². The van der Waals surface area contributed by atoms with E-state index in [-0.39, 0.29) is 18.4 Å². The molecule has 0 aromatic heterocycles. The number of aryl methyl sites for hydroxylation is 1. The molecule has 0 spiro atoms. The first-order chi connectivity index (χ1) is 12.8. The number of carbonyl (C=O) groups is 1. The summed E-state index contributed by atoms with van der Waals surface area (Å²) in [6, 6.07) is 20.5. The molecule has 0 bridgehead atoms. The summed E-state index contributed by atoms with van der Waals surface area (Å²) in [6.07, 6.45) is 2.67. The second-order valence-electron chi connectivity index (χ2n) is 6.67. The van der Waals surface area contributed by atoms with Gasteiger partial charge in [-0.25, -0.2) is 4.79 Å². The largest absolute Gasteiger partial charge is 0.462 e. The number of benzene rings is 2. The van der Waals surface area contributed by atoms with Crippen molar-refractivity contribution >= 4 is 23.9 Å². The van der Waals surface area contributed by atoms with Crippen LogP contribution in [0.25, 0.3) is 5.57 Å². The first-order valence-electron chi connectivity index (χ1n) is 9.48. The van der Waals surface area contributed by atoms with Gasteiger partial charge < -0.3 is 4.74 Å². The van der Waals surface area contributed by atoms with Crippen LogP contribution in [0.3, 0.4) is 0 Å². The van der Waals surface area contributed by atoms with Crippen LogP contribution in [-0.2, 0) is 16.0 Å². The Morgan fingerprint density at radius 3 is 2.37 bits per heavy atom. The SMILES string of the molecule is CCN1CCC(c2ccccc2)=C(C(=O)OCCCc2ccccc2)C1.Cl. The summed E-state index contributed by atoms with van der Waals surface area (Å²) in [7, 11) is 0. The first-order valence-corrected chi connectivity index (χ1v) is 9.48. The van der Waals surface area contributed by atoms with E-state index < -0.39 is 0 Å². The monoisotopic (exact) mass is 385 g/mol. The number of likely N-dealkylation sites (N-methyl/N-ethyl adjacent to an activating group) is 1. The highest BCUT2D eigenvalue weighted by Gasteiger charge is 2.24. The predicted molar refractivity (Wildman–Crippen MR) is 113 cm³/mol. The average Bonchev–Trinajstić information content (AvgIpc) is 2.72. The molecular weight excluding hydrogens is 358 g/mol. The third kappa shape index (κ3) is 5.95. The third-order valence-corrected chi connectivity index (χ3v) is 4.93. The second-order valence-corrected chi connectivity index (χ2v) is 6.67. The number of carbonyl (C=O) groups excluding carboxylic acids is 1. The van der Waals surface area contributed by atoms with Crippen LogP contribution in [0.15, 0.2) is 66.2 Å². The molecule has 0 saturated heterocycles. The van der Waals surface area contributed by atoms with Crippen molar-refractivity contribution in [1.29, 1.82) is 0 Å². The minimum Gasteiger partial charge on any atom is -0.462 e. The highest BCUT2D eigenvalue weighted by molar-refractivity contribution is 5.98. The smallest absolute Gasteiger partial charge is 0.335 e. The van der Waals surface area contributed by atoms with E-state index in [2.05, 4.69) is 36.1 Å².